The Labute approximate surface area is 101 Å². The van der Waals surface area contributed by atoms with Crippen molar-refractivity contribution in [3.05, 3.63) is 29.8 Å². The quantitative estimate of drug-likeness (QED) is 0.790. The molecule has 0 spiro atoms. The molecule has 1 aromatic carbocycles. The largest absolute Gasteiger partial charge is 0.497 e. The van der Waals surface area contributed by atoms with Crippen molar-refractivity contribution in [2.45, 2.75) is 12.1 Å². The number of carboxylic acids is 1. The van der Waals surface area contributed by atoms with E-state index in [1.807, 2.05) is 18.2 Å². The Balaban J connectivity index is 3.09. The molecular weight excluding hydrogens is 220 g/mol. The van der Waals surface area contributed by atoms with Gasteiger partial charge in [0, 0.05) is 0 Å². The van der Waals surface area contributed by atoms with Crippen molar-refractivity contribution in [3.8, 4) is 5.75 Å². The maximum absolute atomic E-state index is 11.0. The van der Waals surface area contributed by atoms with Gasteiger partial charge in [0.1, 0.15) is 11.8 Å². The van der Waals surface area contributed by atoms with Crippen LogP contribution < -0.4 is 10.5 Å². The average Bonchev–Trinajstić information content (AvgIpc) is 2.28. The minimum Gasteiger partial charge on any atom is -0.497 e. The number of ether oxygens (including phenoxy) is 1. The van der Waals surface area contributed by atoms with Gasteiger partial charge in [0.2, 0.25) is 0 Å². The van der Waals surface area contributed by atoms with Crippen molar-refractivity contribution < 1.29 is 14.6 Å². The molecule has 0 saturated carbocycles. The van der Waals surface area contributed by atoms with Gasteiger partial charge in [0.05, 0.1) is 13.2 Å². The Bertz CT molecular complexity index is 393. The van der Waals surface area contributed by atoms with E-state index in [-0.39, 0.29) is 6.04 Å². The highest BCUT2D eigenvalue weighted by atomic mass is 16.5. The third-order valence-electron chi connectivity index (χ3n) is 2.62. The van der Waals surface area contributed by atoms with Crippen LogP contribution in [0.2, 0.25) is 0 Å². The van der Waals surface area contributed by atoms with Gasteiger partial charge in [-0.3, -0.25) is 4.79 Å². The zero-order valence-electron chi connectivity index (χ0n) is 10.3. The van der Waals surface area contributed by atoms with Crippen LogP contribution in [-0.4, -0.2) is 43.2 Å². The van der Waals surface area contributed by atoms with E-state index in [4.69, 9.17) is 15.6 Å². The number of rotatable bonds is 5. The average molecular weight is 238 g/mol. The SMILES string of the molecule is COc1cccc(C(C(N)C(=O)O)N(C)C)c1. The van der Waals surface area contributed by atoms with Gasteiger partial charge in [0.25, 0.3) is 0 Å². The zero-order chi connectivity index (χ0) is 13.0. The fraction of sp³-hybridized carbons (Fsp3) is 0.417. The summed E-state index contributed by atoms with van der Waals surface area (Å²) in [5.74, 6) is -0.335. The van der Waals surface area contributed by atoms with Crippen LogP contribution in [0.5, 0.6) is 5.75 Å². The molecule has 0 aromatic heterocycles. The van der Waals surface area contributed by atoms with Gasteiger partial charge >= 0.3 is 5.97 Å². The topological polar surface area (TPSA) is 75.8 Å². The molecule has 94 valence electrons. The molecule has 0 aliphatic carbocycles. The molecule has 0 radical (unpaired) electrons. The van der Waals surface area contributed by atoms with E-state index < -0.39 is 12.0 Å². The molecule has 0 amide bonds. The molecule has 1 aromatic rings. The second-order valence-corrected chi connectivity index (χ2v) is 4.05. The molecule has 0 heterocycles. The second-order valence-electron chi connectivity index (χ2n) is 4.05. The molecular formula is C12H18N2O3. The predicted molar refractivity (Wildman–Crippen MR) is 65.0 cm³/mol. The lowest BCUT2D eigenvalue weighted by molar-refractivity contribution is -0.140. The maximum atomic E-state index is 11.0. The van der Waals surface area contributed by atoms with Gasteiger partial charge in [-0.25, -0.2) is 0 Å². The van der Waals surface area contributed by atoms with Crippen molar-refractivity contribution in [2.75, 3.05) is 21.2 Å². The Kier molecular flexibility index (Phi) is 4.48. The molecule has 2 atom stereocenters. The van der Waals surface area contributed by atoms with Crippen molar-refractivity contribution in [1.82, 2.24) is 4.90 Å². The molecule has 5 heteroatoms. The number of likely N-dealkylation sites (N-methyl/N-ethyl adjacent to an activating group) is 1. The first-order valence-corrected chi connectivity index (χ1v) is 5.26. The molecule has 5 nitrogen and oxygen atoms in total. The highest BCUT2D eigenvalue weighted by molar-refractivity contribution is 5.74. The fourth-order valence-electron chi connectivity index (χ4n) is 1.79. The Morgan fingerprint density at radius 1 is 1.47 bits per heavy atom. The first-order chi connectivity index (χ1) is 7.97. The molecule has 0 aliphatic rings. The Morgan fingerprint density at radius 3 is 2.59 bits per heavy atom. The number of carbonyl (C=O) groups is 1. The molecule has 2 unspecified atom stereocenters. The summed E-state index contributed by atoms with van der Waals surface area (Å²) in [7, 11) is 5.17. The number of hydrogen-bond donors (Lipinski definition) is 2. The number of benzene rings is 1. The summed E-state index contributed by atoms with van der Waals surface area (Å²) in [6, 6.07) is 5.91. The standard InChI is InChI=1S/C12H18N2O3/c1-14(2)11(10(13)12(15)16)8-5-4-6-9(7-8)17-3/h4-7,10-11H,13H2,1-3H3,(H,15,16). The molecule has 17 heavy (non-hydrogen) atoms. The lowest BCUT2D eigenvalue weighted by atomic mass is 9.98. The normalized spacial score (nSPS) is 14.4. The number of carboxylic acid groups (broad SMARTS) is 1. The highest BCUT2D eigenvalue weighted by Gasteiger charge is 2.27. The van der Waals surface area contributed by atoms with E-state index in [0.29, 0.717) is 5.75 Å². The minimum absolute atomic E-state index is 0.386. The maximum Gasteiger partial charge on any atom is 0.322 e. The van der Waals surface area contributed by atoms with E-state index >= 15 is 0 Å². The number of nitrogens with zero attached hydrogens (tertiary/aromatic N) is 1. The minimum atomic E-state index is -1.02. The third-order valence-corrected chi connectivity index (χ3v) is 2.62. The summed E-state index contributed by atoms with van der Waals surface area (Å²) in [5, 5.41) is 9.01. The van der Waals surface area contributed by atoms with Crippen LogP contribution in [0.1, 0.15) is 11.6 Å². The first kappa shape index (κ1) is 13.5. The Morgan fingerprint density at radius 2 is 2.12 bits per heavy atom. The van der Waals surface area contributed by atoms with Gasteiger partial charge < -0.3 is 20.5 Å². The summed E-state index contributed by atoms with van der Waals surface area (Å²) < 4.78 is 5.12. The van der Waals surface area contributed by atoms with Crippen LogP contribution in [0.3, 0.4) is 0 Å². The number of aliphatic carboxylic acids is 1. The third kappa shape index (κ3) is 3.18. The number of methoxy groups -OCH3 is 1. The smallest absolute Gasteiger partial charge is 0.322 e. The number of hydrogen-bond acceptors (Lipinski definition) is 4. The summed E-state index contributed by atoms with van der Waals surface area (Å²) in [6.45, 7) is 0. The van der Waals surface area contributed by atoms with Gasteiger partial charge in [-0.1, -0.05) is 12.1 Å². The Hall–Kier alpha value is -1.59. The van der Waals surface area contributed by atoms with Gasteiger partial charge in [-0.15, -0.1) is 0 Å². The van der Waals surface area contributed by atoms with Crippen LogP contribution in [0.25, 0.3) is 0 Å². The van der Waals surface area contributed by atoms with E-state index in [0.717, 1.165) is 5.56 Å². The lowest BCUT2D eigenvalue weighted by Gasteiger charge is -2.28. The summed E-state index contributed by atoms with van der Waals surface area (Å²) in [5.41, 5.74) is 6.53. The molecule has 0 aliphatic heterocycles. The zero-order valence-corrected chi connectivity index (χ0v) is 10.3. The molecule has 0 fully saturated rings. The van der Waals surface area contributed by atoms with Crippen LogP contribution in [0.15, 0.2) is 24.3 Å². The number of nitrogens with two attached hydrogens (primary N) is 1. The van der Waals surface area contributed by atoms with Gasteiger partial charge in [-0.2, -0.15) is 0 Å². The van der Waals surface area contributed by atoms with E-state index in [2.05, 4.69) is 0 Å². The second kappa shape index (κ2) is 5.65. The first-order valence-electron chi connectivity index (χ1n) is 5.26. The van der Waals surface area contributed by atoms with E-state index in [9.17, 15) is 4.79 Å². The van der Waals surface area contributed by atoms with Crippen LogP contribution in [0, 0.1) is 0 Å². The highest BCUT2D eigenvalue weighted by Crippen LogP contribution is 2.24. The molecule has 0 saturated heterocycles. The van der Waals surface area contributed by atoms with Gasteiger partial charge in [-0.05, 0) is 31.8 Å². The monoisotopic (exact) mass is 238 g/mol. The van der Waals surface area contributed by atoms with Crippen LogP contribution in [0.4, 0.5) is 0 Å². The van der Waals surface area contributed by atoms with Crippen molar-refractivity contribution >= 4 is 5.97 Å². The van der Waals surface area contributed by atoms with Gasteiger partial charge in [0.15, 0.2) is 0 Å². The molecule has 3 N–H and O–H groups in total. The summed E-state index contributed by atoms with van der Waals surface area (Å²) in [6.07, 6.45) is 0. The molecule has 0 bridgehead atoms. The van der Waals surface area contributed by atoms with Crippen LogP contribution in [-0.2, 0) is 4.79 Å². The van der Waals surface area contributed by atoms with E-state index in [1.165, 1.54) is 0 Å². The van der Waals surface area contributed by atoms with Crippen molar-refractivity contribution in [3.63, 3.8) is 0 Å². The van der Waals surface area contributed by atoms with E-state index in [1.54, 1.807) is 32.2 Å². The lowest BCUT2D eigenvalue weighted by Crippen LogP contribution is -2.43. The summed E-state index contributed by atoms with van der Waals surface area (Å²) in [4.78, 5) is 12.8. The van der Waals surface area contributed by atoms with Crippen LogP contribution >= 0.6 is 0 Å². The molecule has 1 rings (SSSR count). The summed E-state index contributed by atoms with van der Waals surface area (Å²) >= 11 is 0. The van der Waals surface area contributed by atoms with Crippen molar-refractivity contribution in [2.24, 2.45) is 5.73 Å². The predicted octanol–water partition coefficient (Wildman–Crippen LogP) is 0.710. The fourth-order valence-corrected chi connectivity index (χ4v) is 1.79. The van der Waals surface area contributed by atoms with Crippen molar-refractivity contribution in [1.29, 1.82) is 0 Å².